The van der Waals surface area contributed by atoms with Gasteiger partial charge < -0.3 is 53.7 Å². The van der Waals surface area contributed by atoms with Crippen molar-refractivity contribution in [2.45, 2.75) is 45.8 Å². The van der Waals surface area contributed by atoms with Crippen LogP contribution in [0.15, 0.2) is 126 Å². The first-order valence-corrected chi connectivity index (χ1v) is 24.2. The van der Waals surface area contributed by atoms with Gasteiger partial charge in [-0.05, 0) is 105 Å². The summed E-state index contributed by atoms with van der Waals surface area (Å²) in [6.07, 6.45) is 0.900. The maximum Gasteiger partial charge on any atom is 0.412 e. The van der Waals surface area contributed by atoms with Crippen LogP contribution in [0.5, 0.6) is 34.6 Å². The highest BCUT2D eigenvalue weighted by Crippen LogP contribution is 2.45. The van der Waals surface area contributed by atoms with Gasteiger partial charge >= 0.3 is 6.09 Å². The number of carbonyl (C=O) groups excluding carboxylic acids is 1. The van der Waals surface area contributed by atoms with Gasteiger partial charge in [0.1, 0.15) is 41.0 Å². The summed E-state index contributed by atoms with van der Waals surface area (Å²) in [4.78, 5) is 37.1. The number of methoxy groups -OCH3 is 1. The monoisotopic (exact) mass is 970 g/mol. The second kappa shape index (κ2) is 20.8. The number of morpholine rings is 2. The number of carbonyl (C=O) groups is 1. The van der Waals surface area contributed by atoms with Gasteiger partial charge in [-0.15, -0.1) is 0 Å². The van der Waals surface area contributed by atoms with E-state index < -0.39 is 11.7 Å². The molecule has 0 atom stereocenters. The minimum Gasteiger partial charge on any atom is -0.497 e. The van der Waals surface area contributed by atoms with Gasteiger partial charge in [0.2, 0.25) is 11.4 Å². The minimum atomic E-state index is -0.579. The summed E-state index contributed by atoms with van der Waals surface area (Å²) in [6.45, 7) is 11.7. The average molecular weight is 971 g/mol. The molecular weight excluding hydrogens is 913 g/mol. The second-order valence-electron chi connectivity index (χ2n) is 19.0. The van der Waals surface area contributed by atoms with E-state index in [1.807, 2.05) is 118 Å². The van der Waals surface area contributed by atoms with E-state index in [1.165, 1.54) is 0 Å². The molecule has 2 aromatic heterocycles. The van der Waals surface area contributed by atoms with E-state index in [9.17, 15) is 9.59 Å². The number of ether oxygens (including phenoxy) is 7. The van der Waals surface area contributed by atoms with Crippen molar-refractivity contribution >= 4 is 28.8 Å². The number of anilines is 4. The van der Waals surface area contributed by atoms with E-state index >= 15 is 0 Å². The zero-order valence-corrected chi connectivity index (χ0v) is 40.9. The van der Waals surface area contributed by atoms with Gasteiger partial charge in [-0.3, -0.25) is 10.1 Å². The van der Waals surface area contributed by atoms with E-state index in [0.29, 0.717) is 51.0 Å². The van der Waals surface area contributed by atoms with Crippen LogP contribution < -0.4 is 45.4 Å². The lowest BCUT2D eigenvalue weighted by Crippen LogP contribution is -2.36. The van der Waals surface area contributed by atoms with Crippen LogP contribution in [-0.2, 0) is 33.7 Å². The van der Waals surface area contributed by atoms with E-state index in [0.717, 1.165) is 129 Å². The van der Waals surface area contributed by atoms with Gasteiger partial charge in [0.15, 0.2) is 0 Å². The fourth-order valence-electron chi connectivity index (χ4n) is 9.15. The molecule has 15 heteroatoms. The number of amides is 1. The van der Waals surface area contributed by atoms with Gasteiger partial charge in [-0.2, -0.15) is 0 Å². The van der Waals surface area contributed by atoms with Crippen molar-refractivity contribution in [3.63, 3.8) is 0 Å². The summed E-state index contributed by atoms with van der Waals surface area (Å²) in [5.41, 5.74) is 17.0. The van der Waals surface area contributed by atoms with Crippen LogP contribution in [0.3, 0.4) is 0 Å². The number of para-hydroxylation sites is 2. The number of nitrogen functional groups attached to an aromatic ring is 1. The number of rotatable bonds is 9. The molecule has 0 spiro atoms. The quantitative estimate of drug-likeness (QED) is 0.117. The third-order valence-electron chi connectivity index (χ3n) is 12.6. The van der Waals surface area contributed by atoms with E-state index in [-0.39, 0.29) is 5.56 Å². The van der Waals surface area contributed by atoms with Gasteiger partial charge in [-0.25, -0.2) is 9.78 Å². The van der Waals surface area contributed by atoms with Crippen LogP contribution in [0.4, 0.5) is 27.5 Å². The molecule has 7 aromatic rings. The van der Waals surface area contributed by atoms with E-state index in [4.69, 9.17) is 43.9 Å². The number of nitrogens with one attached hydrogen (secondary N) is 2. The Bertz CT molecular complexity index is 3160. The molecule has 4 aliphatic rings. The molecule has 4 N–H and O–H groups in total. The Labute approximate surface area is 418 Å². The highest BCUT2D eigenvalue weighted by Gasteiger charge is 2.26. The van der Waals surface area contributed by atoms with Gasteiger partial charge in [0, 0.05) is 102 Å². The standard InChI is InChI=1S/C35H37N3O6.C22H21N3O3/c1-35(2,3)44-34(39)36-26-10-13-31-25(19-26)18-24-6-5-7-29(33(24)43-31)30-20-27(38-14-16-41-17-15-38)21-32(37-30)42-22-23-8-11-28(40-4)12-9-23;23-16-4-5-20-15(11-16)10-14-2-1-3-18(22(14)28-20)19-12-17(13-21(26)24-19)25-6-8-27-9-7-25/h5-13,19-21H,14-18,22H2,1-4H3,(H,36,39);1-5,11-13H,6-10,23H2,(H,24,26). The number of nitrogens with two attached hydrogens (primary N) is 1. The summed E-state index contributed by atoms with van der Waals surface area (Å²) in [5.74, 6) is 4.43. The number of aromatic nitrogens is 2. The average Bonchev–Trinajstić information content (AvgIpc) is 3.38. The largest absolute Gasteiger partial charge is 0.497 e. The topological polar surface area (TPSA) is 172 Å². The molecule has 2 fully saturated rings. The lowest BCUT2D eigenvalue weighted by Gasteiger charge is -2.29. The van der Waals surface area contributed by atoms with Crippen molar-refractivity contribution in [1.29, 1.82) is 0 Å². The minimum absolute atomic E-state index is 0.124. The smallest absolute Gasteiger partial charge is 0.412 e. The summed E-state index contributed by atoms with van der Waals surface area (Å²) >= 11 is 0. The predicted octanol–water partition coefficient (Wildman–Crippen LogP) is 10.4. The van der Waals surface area contributed by atoms with Crippen molar-refractivity contribution < 1.29 is 38.0 Å². The molecule has 11 rings (SSSR count). The summed E-state index contributed by atoms with van der Waals surface area (Å²) in [6, 6.07) is 39.0. The van der Waals surface area contributed by atoms with Gasteiger partial charge in [0.05, 0.1) is 44.9 Å². The highest BCUT2D eigenvalue weighted by molar-refractivity contribution is 5.85. The number of pyridine rings is 2. The maximum absolute atomic E-state index is 12.4. The molecule has 370 valence electrons. The Morgan fingerprint density at radius 3 is 1.97 bits per heavy atom. The number of hydrogen-bond acceptors (Lipinski definition) is 13. The highest BCUT2D eigenvalue weighted by atomic mass is 16.6. The zero-order valence-electron chi connectivity index (χ0n) is 40.9. The molecule has 0 bridgehead atoms. The van der Waals surface area contributed by atoms with Crippen molar-refractivity contribution in [3.05, 3.63) is 159 Å². The molecule has 0 radical (unpaired) electrons. The Kier molecular flexibility index (Phi) is 13.7. The fraction of sp³-hybridized carbons (Fsp3) is 0.281. The number of H-pyrrole nitrogens is 1. The van der Waals surface area contributed by atoms with Gasteiger partial charge in [0.25, 0.3) is 0 Å². The van der Waals surface area contributed by atoms with Crippen LogP contribution in [0, 0.1) is 0 Å². The molecule has 4 aliphatic heterocycles. The predicted molar refractivity (Wildman–Crippen MR) is 278 cm³/mol. The first kappa shape index (κ1) is 47.7. The van der Waals surface area contributed by atoms with Crippen LogP contribution in [0.25, 0.3) is 22.5 Å². The van der Waals surface area contributed by atoms with E-state index in [2.05, 4.69) is 38.3 Å². The summed E-state index contributed by atoms with van der Waals surface area (Å²) in [5, 5.41) is 2.82. The lowest BCUT2D eigenvalue weighted by atomic mass is 9.96. The van der Waals surface area contributed by atoms with Crippen molar-refractivity contribution in [2.75, 3.05) is 80.6 Å². The number of benzene rings is 5. The van der Waals surface area contributed by atoms with Crippen LogP contribution in [0.1, 0.15) is 48.6 Å². The summed E-state index contributed by atoms with van der Waals surface area (Å²) < 4.78 is 40.7. The molecule has 15 nitrogen and oxygen atoms in total. The van der Waals surface area contributed by atoms with E-state index in [1.54, 1.807) is 13.2 Å². The number of nitrogens with zero attached hydrogens (tertiary/aromatic N) is 3. The van der Waals surface area contributed by atoms with Crippen molar-refractivity contribution in [3.8, 4) is 57.1 Å². The SMILES string of the molecule is COc1ccc(COc2cc(N3CCOCC3)cc(-c3cccc4c3Oc3ccc(NC(=O)OC(C)(C)C)cc3C4)n2)cc1.Nc1ccc2c(c1)Cc1cccc(-c3cc(N4CCOCC4)cc(=O)[nH]3)c1O2. The molecule has 6 heterocycles. The Balaban J connectivity index is 0.000000182. The molecular formula is C57H58N6O9. The zero-order chi connectivity index (χ0) is 49.8. The van der Waals surface area contributed by atoms with Crippen LogP contribution >= 0.6 is 0 Å². The number of fused-ring (bicyclic) bond motifs is 4. The molecule has 5 aromatic carbocycles. The van der Waals surface area contributed by atoms with Crippen molar-refractivity contribution in [2.24, 2.45) is 0 Å². The number of aromatic amines is 1. The Hall–Kier alpha value is -8.01. The maximum atomic E-state index is 12.4. The van der Waals surface area contributed by atoms with Crippen LogP contribution in [-0.4, -0.2) is 81.4 Å². The van der Waals surface area contributed by atoms with Crippen molar-refractivity contribution in [1.82, 2.24) is 9.97 Å². The normalized spacial score (nSPS) is 14.7. The molecule has 0 unspecified atom stereocenters. The third-order valence-corrected chi connectivity index (χ3v) is 12.6. The first-order valence-electron chi connectivity index (χ1n) is 24.2. The molecule has 72 heavy (non-hydrogen) atoms. The Morgan fingerprint density at radius 1 is 0.708 bits per heavy atom. The second-order valence-corrected chi connectivity index (χ2v) is 19.0. The molecule has 2 saturated heterocycles. The Morgan fingerprint density at radius 2 is 1.32 bits per heavy atom. The first-order chi connectivity index (χ1) is 34.9. The number of hydrogen-bond donors (Lipinski definition) is 3. The summed E-state index contributed by atoms with van der Waals surface area (Å²) in [7, 11) is 1.65. The molecule has 0 saturated carbocycles. The molecule has 0 aliphatic carbocycles. The molecule has 1 amide bonds. The van der Waals surface area contributed by atoms with Gasteiger partial charge in [-0.1, -0.05) is 36.4 Å². The fourth-order valence-corrected chi connectivity index (χ4v) is 9.15. The lowest BCUT2D eigenvalue weighted by molar-refractivity contribution is 0.0636. The van der Waals surface area contributed by atoms with Crippen LogP contribution in [0.2, 0.25) is 0 Å². The third kappa shape index (κ3) is 11.1.